The summed E-state index contributed by atoms with van der Waals surface area (Å²) in [6.45, 7) is 3.23. The lowest BCUT2D eigenvalue weighted by Crippen LogP contribution is -2.47. The third-order valence-corrected chi connectivity index (χ3v) is 5.59. The van der Waals surface area contributed by atoms with Gasteiger partial charge >= 0.3 is 7.82 Å². The van der Waals surface area contributed by atoms with Gasteiger partial charge < -0.3 is 9.84 Å². The van der Waals surface area contributed by atoms with Crippen LogP contribution >= 0.6 is 20.0 Å². The average molecular weight is 364 g/mol. The van der Waals surface area contributed by atoms with Gasteiger partial charge in [-0.15, -0.1) is 0 Å². The van der Waals surface area contributed by atoms with E-state index >= 15 is 0 Å². The van der Waals surface area contributed by atoms with Gasteiger partial charge in [0.15, 0.2) is 11.0 Å². The monoisotopic (exact) mass is 364 g/mol. The molecule has 11 heteroatoms. The second kappa shape index (κ2) is 5.89. The number of hydrogen-bond acceptors (Lipinski definition) is 8. The molecule has 2 aliphatic rings. The molecule has 0 spiro atoms. The Morgan fingerprint density at radius 1 is 1.65 bits per heavy atom. The molecular weight excluding hydrogens is 347 g/mol. The Morgan fingerprint density at radius 3 is 3.04 bits per heavy atom. The van der Waals surface area contributed by atoms with Crippen LogP contribution in [0.1, 0.15) is 20.1 Å². The third-order valence-electron chi connectivity index (χ3n) is 3.75. The van der Waals surface area contributed by atoms with Crippen LogP contribution in [0.2, 0.25) is 0 Å². The number of phosphoric acid groups is 1. The van der Waals surface area contributed by atoms with Crippen molar-refractivity contribution in [2.45, 2.75) is 37.9 Å². The molecule has 0 amide bonds. The summed E-state index contributed by atoms with van der Waals surface area (Å²) < 4.78 is 35.1. The quantitative estimate of drug-likeness (QED) is 0.606. The maximum absolute atomic E-state index is 12.3. The van der Waals surface area contributed by atoms with Gasteiger partial charge in [-0.25, -0.2) is 4.57 Å². The van der Waals surface area contributed by atoms with E-state index in [1.807, 2.05) is 0 Å². The second-order valence-corrected chi connectivity index (χ2v) is 7.47. The largest absolute Gasteiger partial charge is 0.475 e. The van der Waals surface area contributed by atoms with E-state index in [-0.39, 0.29) is 23.5 Å². The summed E-state index contributed by atoms with van der Waals surface area (Å²) in [6, 6.07) is 1.26. The molecule has 0 aliphatic carbocycles. The Kier molecular flexibility index (Phi) is 4.35. The lowest BCUT2D eigenvalue weighted by Gasteiger charge is -2.34. The molecule has 2 fully saturated rings. The first kappa shape index (κ1) is 17.0. The zero-order valence-corrected chi connectivity index (χ0v) is 14.2. The van der Waals surface area contributed by atoms with Crippen molar-refractivity contribution in [3.63, 3.8) is 0 Å². The highest BCUT2D eigenvalue weighted by atomic mass is 32.1. The van der Waals surface area contributed by atoms with Gasteiger partial charge in [-0.05, 0) is 26.1 Å². The van der Waals surface area contributed by atoms with E-state index in [4.69, 9.17) is 30.5 Å². The number of ether oxygens (including phenoxy) is 1. The highest BCUT2D eigenvalue weighted by Crippen LogP contribution is 2.58. The summed E-state index contributed by atoms with van der Waals surface area (Å²) in [4.78, 5) is 13.7. The molecule has 23 heavy (non-hydrogen) atoms. The number of nitrogens with zero attached hydrogens (tertiary/aromatic N) is 1. The average Bonchev–Trinajstić information content (AvgIpc) is 2.71. The molecule has 9 nitrogen and oxygen atoms in total. The van der Waals surface area contributed by atoms with E-state index in [1.165, 1.54) is 23.8 Å². The fourth-order valence-corrected chi connectivity index (χ4v) is 4.44. The molecule has 0 radical (unpaired) electrons. The van der Waals surface area contributed by atoms with Crippen molar-refractivity contribution in [3.05, 3.63) is 27.4 Å². The predicted octanol–water partition coefficient (Wildman–Crippen LogP) is 1.11. The Hall–Kier alpha value is -0.870. The normalized spacial score (nSPS) is 40.0. The summed E-state index contributed by atoms with van der Waals surface area (Å²) in [5.74, 6) is 0. The number of aliphatic hydroxyl groups is 1. The molecule has 5 atom stereocenters. The smallest absolute Gasteiger partial charge is 0.383 e. The maximum Gasteiger partial charge on any atom is 0.475 e. The zero-order valence-electron chi connectivity index (χ0n) is 12.5. The first-order valence-corrected chi connectivity index (χ1v) is 8.90. The Labute approximate surface area is 136 Å². The molecule has 2 unspecified atom stereocenters. The first-order valence-electron chi connectivity index (χ1n) is 7.03. The highest BCUT2D eigenvalue weighted by Gasteiger charge is 2.59. The minimum atomic E-state index is -3.73. The van der Waals surface area contributed by atoms with E-state index in [1.54, 1.807) is 6.92 Å². The second-order valence-electron chi connectivity index (χ2n) is 5.46. The van der Waals surface area contributed by atoms with Gasteiger partial charge in [-0.2, -0.15) is 0 Å². The lowest BCUT2D eigenvalue weighted by molar-refractivity contribution is -0.0933. The van der Waals surface area contributed by atoms with Crippen LogP contribution in [0.15, 0.2) is 17.1 Å². The molecule has 0 saturated carbocycles. The van der Waals surface area contributed by atoms with Gasteiger partial charge in [0.05, 0.1) is 13.2 Å². The number of aromatic amines is 1. The summed E-state index contributed by atoms with van der Waals surface area (Å²) >= 11 is 5.10. The summed E-state index contributed by atoms with van der Waals surface area (Å²) in [5, 5.41) is 10.9. The molecule has 3 heterocycles. The molecule has 3 rings (SSSR count). The highest BCUT2D eigenvalue weighted by molar-refractivity contribution is 7.71. The summed E-state index contributed by atoms with van der Waals surface area (Å²) in [6.07, 6.45) is -1.09. The van der Waals surface area contributed by atoms with Gasteiger partial charge in [-0.3, -0.25) is 27.9 Å². The topological polar surface area (TPSA) is 112 Å². The van der Waals surface area contributed by atoms with Crippen LogP contribution in [0.4, 0.5) is 0 Å². The van der Waals surface area contributed by atoms with Crippen molar-refractivity contribution in [3.8, 4) is 0 Å². The number of fused-ring (bicyclic) bond motifs is 1. The molecule has 1 aromatic rings. The van der Waals surface area contributed by atoms with Gasteiger partial charge in [0.2, 0.25) is 0 Å². The number of phosphoric ester groups is 1. The number of rotatable bonds is 3. The van der Waals surface area contributed by atoms with E-state index in [2.05, 4.69) is 4.98 Å². The minimum absolute atomic E-state index is 0.0503. The molecule has 2 aliphatic heterocycles. The first-order chi connectivity index (χ1) is 10.8. The van der Waals surface area contributed by atoms with Crippen molar-refractivity contribution in [2.75, 3.05) is 13.2 Å². The zero-order chi connectivity index (χ0) is 16.8. The molecular formula is C12H17N2O7PS. The van der Waals surface area contributed by atoms with Crippen molar-refractivity contribution < 1.29 is 28.0 Å². The maximum atomic E-state index is 12.3. The molecule has 1 aromatic heterocycles. The van der Waals surface area contributed by atoms with E-state index in [0.29, 0.717) is 0 Å². The van der Waals surface area contributed by atoms with Gasteiger partial charge in [0.1, 0.15) is 17.8 Å². The Balaban J connectivity index is 1.94. The van der Waals surface area contributed by atoms with E-state index < -0.39 is 31.9 Å². The van der Waals surface area contributed by atoms with Crippen LogP contribution in [0.3, 0.4) is 0 Å². The third kappa shape index (κ3) is 2.96. The van der Waals surface area contributed by atoms with Crippen molar-refractivity contribution in [1.29, 1.82) is 0 Å². The summed E-state index contributed by atoms with van der Waals surface area (Å²) in [5.41, 5.74) is -1.92. The van der Waals surface area contributed by atoms with Gasteiger partial charge in [0, 0.05) is 12.3 Å². The van der Waals surface area contributed by atoms with Crippen molar-refractivity contribution in [1.82, 2.24) is 9.55 Å². The predicted molar refractivity (Wildman–Crippen MR) is 80.5 cm³/mol. The number of aromatic nitrogens is 2. The van der Waals surface area contributed by atoms with Crippen molar-refractivity contribution >= 4 is 20.0 Å². The van der Waals surface area contributed by atoms with Crippen molar-refractivity contribution in [2.24, 2.45) is 0 Å². The number of H-pyrrole nitrogens is 1. The lowest BCUT2D eigenvalue weighted by atomic mass is 9.96. The fraction of sp³-hybridized carbons (Fsp3) is 0.667. The van der Waals surface area contributed by atoms with Crippen LogP contribution in [0.5, 0.6) is 0 Å². The fourth-order valence-electron chi connectivity index (χ4n) is 2.71. The molecule has 0 aromatic carbocycles. The van der Waals surface area contributed by atoms with Gasteiger partial charge in [0.25, 0.3) is 5.56 Å². The van der Waals surface area contributed by atoms with Gasteiger partial charge in [-0.1, -0.05) is 0 Å². The molecule has 2 N–H and O–H groups in total. The Bertz CT molecular complexity index is 760. The van der Waals surface area contributed by atoms with Crippen LogP contribution < -0.4 is 5.56 Å². The SMILES string of the molecule is CCOP1(=O)OC[C@H]2O[C@@H](n3ccc(=O)[nH]c3=S)[C@](C)(O)C2O1. The molecule has 128 valence electrons. The van der Waals surface area contributed by atoms with Crippen LogP contribution in [-0.2, 0) is 22.9 Å². The number of nitrogens with one attached hydrogen (secondary N) is 1. The Morgan fingerprint density at radius 2 is 2.39 bits per heavy atom. The number of hydrogen-bond donors (Lipinski definition) is 2. The summed E-state index contributed by atoms with van der Waals surface area (Å²) in [7, 11) is -3.73. The molecule has 0 bridgehead atoms. The van der Waals surface area contributed by atoms with E-state index in [9.17, 15) is 14.5 Å². The van der Waals surface area contributed by atoms with Crippen LogP contribution in [-0.4, -0.2) is 45.7 Å². The standard InChI is InChI=1S/C12H17N2O7PS/c1-3-18-22(17)19-6-7-9(21-22)12(2,16)10(20-7)14-5-4-8(15)13-11(14)23/h4-5,7,9-10,16H,3,6H2,1-2H3,(H,13,15,23)/t7-,9?,10-,12-,22?/m1/s1. The van der Waals surface area contributed by atoms with E-state index in [0.717, 1.165) is 0 Å². The van der Waals surface area contributed by atoms with Crippen LogP contribution in [0.25, 0.3) is 0 Å². The molecule has 2 saturated heterocycles. The van der Waals surface area contributed by atoms with Crippen LogP contribution in [0, 0.1) is 4.77 Å². The minimum Gasteiger partial charge on any atom is -0.383 e.